The Bertz CT molecular complexity index is 446. The van der Waals surface area contributed by atoms with E-state index in [0.29, 0.717) is 12.5 Å². The Morgan fingerprint density at radius 1 is 1.48 bits per heavy atom. The number of piperidine rings is 1. The molecular formula is C15H22N2O3S. The Kier molecular flexibility index (Phi) is 5.22. The molecule has 3 heterocycles. The molecule has 0 spiro atoms. The normalized spacial score (nSPS) is 26.2. The maximum atomic E-state index is 12.2. The predicted molar refractivity (Wildman–Crippen MR) is 80.5 cm³/mol. The van der Waals surface area contributed by atoms with Gasteiger partial charge in [0.05, 0.1) is 17.7 Å². The van der Waals surface area contributed by atoms with Gasteiger partial charge in [-0.15, -0.1) is 11.3 Å². The van der Waals surface area contributed by atoms with Gasteiger partial charge in [-0.05, 0) is 25.7 Å². The van der Waals surface area contributed by atoms with Gasteiger partial charge in [-0.25, -0.2) is 4.98 Å². The van der Waals surface area contributed by atoms with Crippen LogP contribution in [0.2, 0.25) is 0 Å². The van der Waals surface area contributed by atoms with Crippen molar-refractivity contribution in [2.24, 2.45) is 0 Å². The number of aromatic nitrogens is 1. The molecule has 0 N–H and O–H groups in total. The van der Waals surface area contributed by atoms with E-state index in [9.17, 15) is 4.79 Å². The summed E-state index contributed by atoms with van der Waals surface area (Å²) in [5, 5.41) is 3.15. The first-order chi connectivity index (χ1) is 10.3. The fourth-order valence-corrected chi connectivity index (χ4v) is 3.75. The van der Waals surface area contributed by atoms with Crippen molar-refractivity contribution in [3.63, 3.8) is 0 Å². The van der Waals surface area contributed by atoms with E-state index in [2.05, 4.69) is 4.98 Å². The second kappa shape index (κ2) is 7.33. The molecule has 2 saturated heterocycles. The van der Waals surface area contributed by atoms with Crippen LogP contribution >= 0.6 is 11.3 Å². The minimum atomic E-state index is 0.0919. The molecule has 2 aliphatic heterocycles. The second-order valence-electron chi connectivity index (χ2n) is 5.70. The number of rotatable bonds is 5. The Hall–Kier alpha value is -0.980. The highest BCUT2D eigenvalue weighted by Gasteiger charge is 2.26. The first kappa shape index (κ1) is 14.9. The van der Waals surface area contributed by atoms with Crippen molar-refractivity contribution in [2.45, 2.75) is 37.7 Å². The van der Waals surface area contributed by atoms with Crippen LogP contribution in [0.5, 0.6) is 0 Å². The molecule has 1 amide bonds. The summed E-state index contributed by atoms with van der Waals surface area (Å²) in [6, 6.07) is 0. The zero-order chi connectivity index (χ0) is 14.5. The fraction of sp³-hybridized carbons (Fsp3) is 0.733. The lowest BCUT2D eigenvalue weighted by atomic mass is 9.99. The smallest absolute Gasteiger partial charge is 0.248 e. The molecule has 0 saturated carbocycles. The summed E-state index contributed by atoms with van der Waals surface area (Å²) in [5.41, 5.74) is 0. The molecule has 2 aliphatic rings. The van der Waals surface area contributed by atoms with Crippen LogP contribution in [0.25, 0.3) is 0 Å². The molecule has 1 aromatic rings. The van der Waals surface area contributed by atoms with Gasteiger partial charge in [0, 0.05) is 37.2 Å². The molecule has 0 unspecified atom stereocenters. The molecule has 3 rings (SSSR count). The standard InChI is InChI=1S/C15H22N2O3S/c18-14(11-19-10-13-4-2-7-20-13)17-6-1-3-12(9-17)15-16-5-8-21-15/h5,8,12-13H,1-4,6-7,9-11H2/t12-,13-/m0/s1. The molecule has 1 aromatic heterocycles. The van der Waals surface area contributed by atoms with Crippen molar-refractivity contribution in [1.82, 2.24) is 9.88 Å². The van der Waals surface area contributed by atoms with Crippen LogP contribution < -0.4 is 0 Å². The molecule has 5 nitrogen and oxygen atoms in total. The lowest BCUT2D eigenvalue weighted by Gasteiger charge is -2.31. The summed E-state index contributed by atoms with van der Waals surface area (Å²) < 4.78 is 11.0. The number of thiazole rings is 1. The Morgan fingerprint density at radius 2 is 2.43 bits per heavy atom. The number of hydrogen-bond acceptors (Lipinski definition) is 5. The van der Waals surface area contributed by atoms with Crippen molar-refractivity contribution >= 4 is 17.2 Å². The van der Waals surface area contributed by atoms with E-state index in [4.69, 9.17) is 9.47 Å². The van der Waals surface area contributed by atoms with E-state index in [1.165, 1.54) is 0 Å². The number of hydrogen-bond donors (Lipinski definition) is 0. The van der Waals surface area contributed by atoms with Crippen LogP contribution in [-0.2, 0) is 14.3 Å². The fourth-order valence-electron chi connectivity index (χ4n) is 2.99. The van der Waals surface area contributed by atoms with Crippen molar-refractivity contribution in [3.8, 4) is 0 Å². The van der Waals surface area contributed by atoms with E-state index in [1.54, 1.807) is 11.3 Å². The quantitative estimate of drug-likeness (QED) is 0.835. The third-order valence-electron chi connectivity index (χ3n) is 4.13. The van der Waals surface area contributed by atoms with E-state index < -0.39 is 0 Å². The Morgan fingerprint density at radius 3 is 3.19 bits per heavy atom. The maximum absolute atomic E-state index is 12.2. The number of carbonyl (C=O) groups excluding carboxylic acids is 1. The average molecular weight is 310 g/mol. The first-order valence-electron chi connectivity index (χ1n) is 7.69. The molecule has 2 fully saturated rings. The van der Waals surface area contributed by atoms with Crippen LogP contribution in [0.15, 0.2) is 11.6 Å². The lowest BCUT2D eigenvalue weighted by molar-refractivity contribution is -0.138. The number of carbonyl (C=O) groups is 1. The molecule has 0 bridgehead atoms. The van der Waals surface area contributed by atoms with Gasteiger partial charge in [-0.2, -0.15) is 0 Å². The zero-order valence-corrected chi connectivity index (χ0v) is 13.0. The topological polar surface area (TPSA) is 51.7 Å². The van der Waals surface area contributed by atoms with Gasteiger partial charge in [0.1, 0.15) is 6.61 Å². The summed E-state index contributed by atoms with van der Waals surface area (Å²) in [5.74, 6) is 0.482. The lowest BCUT2D eigenvalue weighted by Crippen LogP contribution is -2.41. The summed E-state index contributed by atoms with van der Waals surface area (Å²) in [6.07, 6.45) is 6.33. The van der Waals surface area contributed by atoms with E-state index in [-0.39, 0.29) is 18.6 Å². The molecule has 0 aliphatic carbocycles. The molecular weight excluding hydrogens is 288 g/mol. The molecule has 0 radical (unpaired) electrons. The maximum Gasteiger partial charge on any atom is 0.248 e. The highest BCUT2D eigenvalue weighted by molar-refractivity contribution is 7.09. The highest BCUT2D eigenvalue weighted by atomic mass is 32.1. The number of amides is 1. The van der Waals surface area contributed by atoms with Gasteiger partial charge in [-0.1, -0.05) is 0 Å². The van der Waals surface area contributed by atoms with Crippen molar-refractivity contribution in [2.75, 3.05) is 32.9 Å². The largest absolute Gasteiger partial charge is 0.376 e. The SMILES string of the molecule is O=C(COC[C@@H]1CCCO1)N1CCC[C@H](c2nccs2)C1. The van der Waals surface area contributed by atoms with Crippen molar-refractivity contribution in [1.29, 1.82) is 0 Å². The Balaban J connectivity index is 1.43. The van der Waals surface area contributed by atoms with Crippen molar-refractivity contribution < 1.29 is 14.3 Å². The predicted octanol–water partition coefficient (Wildman–Crippen LogP) is 2.04. The second-order valence-corrected chi connectivity index (χ2v) is 6.63. The summed E-state index contributed by atoms with van der Waals surface area (Å²) in [6.45, 7) is 3.14. The summed E-state index contributed by atoms with van der Waals surface area (Å²) in [7, 11) is 0. The third-order valence-corrected chi connectivity index (χ3v) is 5.07. The third kappa shape index (κ3) is 4.02. The molecule has 116 valence electrons. The highest BCUT2D eigenvalue weighted by Crippen LogP contribution is 2.28. The van der Waals surface area contributed by atoms with Gasteiger partial charge in [-0.3, -0.25) is 4.79 Å². The minimum Gasteiger partial charge on any atom is -0.376 e. The summed E-state index contributed by atoms with van der Waals surface area (Å²) >= 11 is 1.68. The van der Waals surface area contributed by atoms with E-state index in [0.717, 1.165) is 50.4 Å². The Labute approximate surface area is 129 Å². The van der Waals surface area contributed by atoms with Gasteiger partial charge >= 0.3 is 0 Å². The van der Waals surface area contributed by atoms with Crippen LogP contribution in [0.3, 0.4) is 0 Å². The summed E-state index contributed by atoms with van der Waals surface area (Å²) in [4.78, 5) is 18.5. The van der Waals surface area contributed by atoms with Gasteiger partial charge in [0.2, 0.25) is 5.91 Å². The molecule has 6 heteroatoms. The minimum absolute atomic E-state index is 0.0919. The average Bonchev–Trinajstić information content (AvgIpc) is 3.21. The molecule has 21 heavy (non-hydrogen) atoms. The van der Waals surface area contributed by atoms with Crippen LogP contribution in [0.4, 0.5) is 0 Å². The van der Waals surface area contributed by atoms with E-state index in [1.807, 2.05) is 16.5 Å². The van der Waals surface area contributed by atoms with Crippen molar-refractivity contribution in [3.05, 3.63) is 16.6 Å². The van der Waals surface area contributed by atoms with Crippen LogP contribution in [0.1, 0.15) is 36.6 Å². The number of ether oxygens (including phenoxy) is 2. The monoisotopic (exact) mass is 310 g/mol. The zero-order valence-electron chi connectivity index (χ0n) is 12.2. The first-order valence-corrected chi connectivity index (χ1v) is 8.57. The van der Waals surface area contributed by atoms with Crippen LogP contribution in [-0.4, -0.2) is 54.8 Å². The number of nitrogens with zero attached hydrogens (tertiary/aromatic N) is 2. The molecule has 2 atom stereocenters. The van der Waals surface area contributed by atoms with Crippen LogP contribution in [0, 0.1) is 0 Å². The van der Waals surface area contributed by atoms with Gasteiger partial charge in [0.15, 0.2) is 0 Å². The number of likely N-dealkylation sites (tertiary alicyclic amines) is 1. The van der Waals surface area contributed by atoms with Gasteiger partial charge in [0.25, 0.3) is 0 Å². The van der Waals surface area contributed by atoms with Gasteiger partial charge < -0.3 is 14.4 Å². The van der Waals surface area contributed by atoms with E-state index >= 15 is 0 Å². The molecule has 0 aromatic carbocycles.